The summed E-state index contributed by atoms with van der Waals surface area (Å²) in [5.74, 6) is -0.0571. The number of unbranched alkanes of at least 4 members (excludes halogenated alkanes) is 52. The highest BCUT2D eigenvalue weighted by Crippen LogP contribution is 2.18. The molecule has 2 unspecified atom stereocenters. The largest absolute Gasteiger partial charge is 0.466 e. The molecule has 6 heteroatoms. The summed E-state index contributed by atoms with van der Waals surface area (Å²) in [6.07, 6.45) is 88.0. The lowest BCUT2D eigenvalue weighted by molar-refractivity contribution is -0.143. The number of rotatable bonds is 67. The molecule has 0 aliphatic rings. The zero-order valence-electron chi connectivity index (χ0n) is 53.4. The van der Waals surface area contributed by atoms with Gasteiger partial charge in [0.25, 0.3) is 0 Å². The first-order valence-electron chi connectivity index (χ1n) is 35.8. The van der Waals surface area contributed by atoms with E-state index in [2.05, 4.69) is 43.5 Å². The quantitative estimate of drug-likeness (QED) is 0.0320. The van der Waals surface area contributed by atoms with E-state index in [1.807, 2.05) is 6.08 Å². The smallest absolute Gasteiger partial charge is 0.305 e. The number of nitrogens with one attached hydrogen (secondary N) is 1. The molecule has 0 aromatic carbocycles. The first-order valence-corrected chi connectivity index (χ1v) is 35.8. The highest BCUT2D eigenvalue weighted by Gasteiger charge is 2.18. The Labute approximate surface area is 494 Å². The van der Waals surface area contributed by atoms with Gasteiger partial charge in [-0.1, -0.05) is 333 Å². The zero-order chi connectivity index (χ0) is 57.1. The molecule has 0 radical (unpaired) electrons. The Morgan fingerprint density at radius 2 is 0.595 bits per heavy atom. The molecular weight excluding hydrogens is 971 g/mol. The van der Waals surface area contributed by atoms with Crippen molar-refractivity contribution in [2.24, 2.45) is 0 Å². The summed E-state index contributed by atoms with van der Waals surface area (Å²) in [7, 11) is 0. The summed E-state index contributed by atoms with van der Waals surface area (Å²) in [6, 6.07) is -0.629. The molecule has 0 aromatic rings. The predicted octanol–water partition coefficient (Wildman–Crippen LogP) is 23.1. The summed E-state index contributed by atoms with van der Waals surface area (Å²) in [5, 5.41) is 23.2. The minimum atomic E-state index is -0.845. The van der Waals surface area contributed by atoms with Crippen molar-refractivity contribution in [3.05, 3.63) is 36.5 Å². The summed E-state index contributed by atoms with van der Waals surface area (Å²) >= 11 is 0. The van der Waals surface area contributed by atoms with Gasteiger partial charge in [-0.2, -0.15) is 0 Å². The molecule has 0 bridgehead atoms. The van der Waals surface area contributed by atoms with Gasteiger partial charge in [0.1, 0.15) is 0 Å². The van der Waals surface area contributed by atoms with E-state index in [9.17, 15) is 19.8 Å². The van der Waals surface area contributed by atoms with Gasteiger partial charge in [0.05, 0.1) is 25.4 Å². The van der Waals surface area contributed by atoms with E-state index >= 15 is 0 Å². The molecule has 0 saturated heterocycles. The molecule has 0 aliphatic heterocycles. The van der Waals surface area contributed by atoms with E-state index in [1.165, 1.54) is 321 Å². The number of carbonyl (C=O) groups excluding carboxylic acids is 2. The highest BCUT2D eigenvalue weighted by molar-refractivity contribution is 5.76. The molecule has 0 aromatic heterocycles. The van der Waals surface area contributed by atoms with Crippen LogP contribution in [0.4, 0.5) is 0 Å². The van der Waals surface area contributed by atoms with Crippen molar-refractivity contribution in [1.82, 2.24) is 5.32 Å². The average Bonchev–Trinajstić information content (AvgIpc) is 3.45. The second-order valence-corrected chi connectivity index (χ2v) is 24.6. The third-order valence-corrected chi connectivity index (χ3v) is 16.6. The number of aliphatic hydroxyl groups excluding tert-OH is 2. The number of allylic oxidation sites excluding steroid dienone is 5. The highest BCUT2D eigenvalue weighted by atomic mass is 16.5. The van der Waals surface area contributed by atoms with Crippen LogP contribution in [0.25, 0.3) is 0 Å². The minimum Gasteiger partial charge on any atom is -0.466 e. The first kappa shape index (κ1) is 77.1. The van der Waals surface area contributed by atoms with Crippen LogP contribution in [0.15, 0.2) is 36.5 Å². The number of aliphatic hydroxyl groups is 2. The molecule has 3 N–H and O–H groups in total. The fourth-order valence-corrected chi connectivity index (χ4v) is 11.2. The van der Waals surface area contributed by atoms with Crippen molar-refractivity contribution in [3.63, 3.8) is 0 Å². The second-order valence-electron chi connectivity index (χ2n) is 24.6. The summed E-state index contributed by atoms with van der Waals surface area (Å²) < 4.78 is 5.48. The first-order chi connectivity index (χ1) is 39.0. The number of amides is 1. The molecule has 79 heavy (non-hydrogen) atoms. The zero-order valence-corrected chi connectivity index (χ0v) is 53.4. The number of carbonyl (C=O) groups is 2. The fourth-order valence-electron chi connectivity index (χ4n) is 11.2. The van der Waals surface area contributed by atoms with Gasteiger partial charge in [-0.15, -0.1) is 0 Å². The van der Waals surface area contributed by atoms with Gasteiger partial charge in [0.2, 0.25) is 5.91 Å². The lowest BCUT2D eigenvalue weighted by atomic mass is 10.0. The molecule has 0 fully saturated rings. The van der Waals surface area contributed by atoms with E-state index in [1.54, 1.807) is 6.08 Å². The normalized spacial score (nSPS) is 12.7. The average molecular weight is 1110 g/mol. The number of esters is 1. The third-order valence-electron chi connectivity index (χ3n) is 16.6. The van der Waals surface area contributed by atoms with E-state index in [4.69, 9.17) is 4.74 Å². The molecule has 1 amide bonds. The standard InChI is InChI=1S/C73H139NO5/c1-3-5-7-9-11-13-15-17-19-20-21-32-35-38-41-45-49-53-57-61-65-71(76)70(69-75)74-72(77)66-62-58-54-50-46-42-39-36-33-30-28-26-24-22-23-25-27-29-31-34-37-40-44-48-52-56-60-64-68-79-73(78)67-63-59-55-51-47-43-18-16-14-12-10-8-6-4-2/h16,18,22-23,61,65,70-71,75-76H,3-15,17,19-21,24-60,62-64,66-69H2,1-2H3,(H,74,77)/b18-16-,23-22-,65-61+. The summed E-state index contributed by atoms with van der Waals surface area (Å²) in [5.41, 5.74) is 0. The molecule has 466 valence electrons. The third kappa shape index (κ3) is 65.1. The van der Waals surface area contributed by atoms with Crippen LogP contribution in [-0.2, 0) is 14.3 Å². The SMILES string of the molecule is CCCCCCC/C=C\CCCCCCCC(=O)OCCCCCCCCCCCCCC/C=C\CCCCCCCCCCCCCCC(=O)NC(CO)C(O)/C=C/CCCCCCCCCCCCCCCCCCCC. The molecular formula is C73H139NO5. The fraction of sp³-hybridized carbons (Fsp3) is 0.890. The van der Waals surface area contributed by atoms with E-state index in [0.29, 0.717) is 19.4 Å². The van der Waals surface area contributed by atoms with Crippen molar-refractivity contribution >= 4 is 11.9 Å². The van der Waals surface area contributed by atoms with Gasteiger partial charge < -0.3 is 20.3 Å². The molecule has 6 nitrogen and oxygen atoms in total. The van der Waals surface area contributed by atoms with Gasteiger partial charge in [-0.25, -0.2) is 0 Å². The van der Waals surface area contributed by atoms with E-state index in [-0.39, 0.29) is 18.5 Å². The molecule has 2 atom stereocenters. The Morgan fingerprint density at radius 3 is 0.899 bits per heavy atom. The van der Waals surface area contributed by atoms with Crippen LogP contribution >= 0.6 is 0 Å². The van der Waals surface area contributed by atoms with Crippen molar-refractivity contribution in [2.75, 3.05) is 13.2 Å². The van der Waals surface area contributed by atoms with Crippen LogP contribution < -0.4 is 5.32 Å². The summed E-state index contributed by atoms with van der Waals surface area (Å²) in [6.45, 7) is 4.92. The van der Waals surface area contributed by atoms with Crippen LogP contribution in [0.5, 0.6) is 0 Å². The minimum absolute atomic E-state index is 0.00734. The van der Waals surface area contributed by atoms with Crippen molar-refractivity contribution < 1.29 is 24.5 Å². The maximum Gasteiger partial charge on any atom is 0.305 e. The Morgan fingerprint density at radius 1 is 0.342 bits per heavy atom. The van der Waals surface area contributed by atoms with Crippen molar-refractivity contribution in [2.45, 2.75) is 405 Å². The van der Waals surface area contributed by atoms with Crippen LogP contribution in [0.3, 0.4) is 0 Å². The molecule has 0 spiro atoms. The van der Waals surface area contributed by atoms with Gasteiger partial charge in [0, 0.05) is 12.8 Å². The van der Waals surface area contributed by atoms with Crippen LogP contribution in [0.2, 0.25) is 0 Å². The van der Waals surface area contributed by atoms with Gasteiger partial charge >= 0.3 is 5.97 Å². The summed E-state index contributed by atoms with van der Waals surface area (Å²) in [4.78, 5) is 24.6. The van der Waals surface area contributed by atoms with Gasteiger partial charge in [-0.3, -0.25) is 9.59 Å². The molecule has 0 rings (SSSR count). The maximum atomic E-state index is 12.5. The monoisotopic (exact) mass is 1110 g/mol. The number of hydrogen-bond acceptors (Lipinski definition) is 5. The molecule has 0 heterocycles. The maximum absolute atomic E-state index is 12.5. The van der Waals surface area contributed by atoms with E-state index < -0.39 is 12.1 Å². The number of ether oxygens (including phenoxy) is 1. The lowest BCUT2D eigenvalue weighted by Crippen LogP contribution is -2.45. The van der Waals surface area contributed by atoms with Gasteiger partial charge in [-0.05, 0) is 83.5 Å². The Hall–Kier alpha value is -1.92. The second kappa shape index (κ2) is 68.6. The molecule has 0 aliphatic carbocycles. The van der Waals surface area contributed by atoms with Crippen molar-refractivity contribution in [3.8, 4) is 0 Å². The topological polar surface area (TPSA) is 95.9 Å². The van der Waals surface area contributed by atoms with Crippen molar-refractivity contribution in [1.29, 1.82) is 0 Å². The van der Waals surface area contributed by atoms with Crippen LogP contribution in [0, 0.1) is 0 Å². The lowest BCUT2D eigenvalue weighted by Gasteiger charge is -2.20. The van der Waals surface area contributed by atoms with Crippen LogP contribution in [0.1, 0.15) is 393 Å². The molecule has 0 saturated carbocycles. The predicted molar refractivity (Wildman–Crippen MR) is 347 cm³/mol. The van der Waals surface area contributed by atoms with Crippen LogP contribution in [-0.4, -0.2) is 47.4 Å². The Kier molecular flexibility index (Phi) is 66.9. The Bertz CT molecular complexity index is 1280. The Balaban J connectivity index is 3.41. The van der Waals surface area contributed by atoms with Gasteiger partial charge in [0.15, 0.2) is 0 Å². The van der Waals surface area contributed by atoms with E-state index in [0.717, 1.165) is 44.9 Å². The number of hydrogen-bond donors (Lipinski definition) is 3.